The molecule has 1 amide bonds. The Morgan fingerprint density at radius 1 is 1.47 bits per heavy atom. The minimum atomic E-state index is -0.402. The highest BCUT2D eigenvalue weighted by Gasteiger charge is 2.47. The highest BCUT2D eigenvalue weighted by atomic mass is 35.5. The van der Waals surface area contributed by atoms with E-state index in [-0.39, 0.29) is 18.5 Å². The van der Waals surface area contributed by atoms with Gasteiger partial charge in [-0.05, 0) is 52.5 Å². The molecule has 1 spiro atoms. The predicted molar refractivity (Wildman–Crippen MR) is 69.6 cm³/mol. The molecule has 100 valence electrons. The molecule has 0 radical (unpaired) electrons. The van der Waals surface area contributed by atoms with Gasteiger partial charge in [0.25, 0.3) is 0 Å². The third-order valence-corrected chi connectivity index (χ3v) is 3.40. The van der Waals surface area contributed by atoms with E-state index in [1.165, 1.54) is 19.3 Å². The van der Waals surface area contributed by atoms with Crippen LogP contribution < -0.4 is 10.6 Å². The van der Waals surface area contributed by atoms with Crippen LogP contribution in [0.15, 0.2) is 0 Å². The van der Waals surface area contributed by atoms with E-state index in [0.717, 1.165) is 13.1 Å². The Balaban J connectivity index is 0.00000144. The number of alkyl carbamates (subject to hydrolysis) is 1. The lowest BCUT2D eigenvalue weighted by Crippen LogP contribution is -2.65. The van der Waals surface area contributed by atoms with Crippen molar-refractivity contribution in [3.63, 3.8) is 0 Å². The molecule has 0 unspecified atom stereocenters. The SMILES string of the molecule is CC(C)(C)OC(=O)NCC1CC2(CCN2)C1.Cl. The number of rotatable bonds is 2. The highest BCUT2D eigenvalue weighted by molar-refractivity contribution is 5.85. The topological polar surface area (TPSA) is 50.4 Å². The molecule has 2 fully saturated rings. The molecule has 0 aromatic carbocycles. The fourth-order valence-electron chi connectivity index (χ4n) is 2.56. The monoisotopic (exact) mass is 262 g/mol. The number of carbonyl (C=O) groups is 1. The van der Waals surface area contributed by atoms with Gasteiger partial charge in [-0.3, -0.25) is 0 Å². The lowest BCUT2D eigenvalue weighted by Gasteiger charge is -2.55. The van der Waals surface area contributed by atoms with Gasteiger partial charge in [-0.1, -0.05) is 0 Å². The van der Waals surface area contributed by atoms with Crippen molar-refractivity contribution in [2.45, 2.75) is 51.2 Å². The van der Waals surface area contributed by atoms with Crippen LogP contribution in [-0.2, 0) is 4.74 Å². The Hall–Kier alpha value is -0.480. The van der Waals surface area contributed by atoms with Gasteiger partial charge in [0.15, 0.2) is 0 Å². The minimum Gasteiger partial charge on any atom is -0.444 e. The van der Waals surface area contributed by atoms with Crippen LogP contribution in [0.25, 0.3) is 0 Å². The van der Waals surface area contributed by atoms with Crippen LogP contribution in [-0.4, -0.2) is 30.3 Å². The van der Waals surface area contributed by atoms with Crippen LogP contribution in [0.5, 0.6) is 0 Å². The Kier molecular flexibility index (Phi) is 4.31. The van der Waals surface area contributed by atoms with Gasteiger partial charge in [0.1, 0.15) is 5.60 Å². The molecule has 4 nitrogen and oxygen atoms in total. The molecular formula is C12H23ClN2O2. The first kappa shape index (κ1) is 14.6. The fourth-order valence-corrected chi connectivity index (χ4v) is 2.56. The molecule has 1 aliphatic heterocycles. The van der Waals surface area contributed by atoms with Crippen LogP contribution in [0.1, 0.15) is 40.0 Å². The maximum Gasteiger partial charge on any atom is 0.407 e. The van der Waals surface area contributed by atoms with Crippen LogP contribution in [0.3, 0.4) is 0 Å². The summed E-state index contributed by atoms with van der Waals surface area (Å²) in [6.07, 6.45) is 3.40. The summed E-state index contributed by atoms with van der Waals surface area (Å²) in [5.41, 5.74) is 0.0424. The van der Waals surface area contributed by atoms with Crippen molar-refractivity contribution in [2.24, 2.45) is 5.92 Å². The zero-order valence-corrected chi connectivity index (χ0v) is 11.7. The molecule has 1 saturated heterocycles. The number of hydrogen-bond donors (Lipinski definition) is 2. The maximum atomic E-state index is 11.4. The first-order valence-corrected chi connectivity index (χ1v) is 6.10. The van der Waals surface area contributed by atoms with Gasteiger partial charge in [0.2, 0.25) is 0 Å². The van der Waals surface area contributed by atoms with Gasteiger partial charge in [-0.25, -0.2) is 4.79 Å². The van der Waals surface area contributed by atoms with Gasteiger partial charge in [-0.2, -0.15) is 0 Å². The average molecular weight is 263 g/mol. The quantitative estimate of drug-likeness (QED) is 0.801. The van der Waals surface area contributed by atoms with E-state index in [9.17, 15) is 4.79 Å². The number of halogens is 1. The van der Waals surface area contributed by atoms with Gasteiger partial charge in [-0.15, -0.1) is 12.4 Å². The van der Waals surface area contributed by atoms with E-state index in [2.05, 4.69) is 10.6 Å². The largest absolute Gasteiger partial charge is 0.444 e. The summed E-state index contributed by atoms with van der Waals surface area (Å²) in [7, 11) is 0. The number of ether oxygens (including phenoxy) is 1. The molecule has 1 saturated carbocycles. The first-order chi connectivity index (χ1) is 7.39. The number of nitrogens with one attached hydrogen (secondary N) is 2. The summed E-state index contributed by atoms with van der Waals surface area (Å²) in [5.74, 6) is 0.625. The molecule has 1 aliphatic carbocycles. The summed E-state index contributed by atoms with van der Waals surface area (Å²) in [6, 6.07) is 0. The Morgan fingerprint density at radius 2 is 2.06 bits per heavy atom. The minimum absolute atomic E-state index is 0. The van der Waals surface area contributed by atoms with E-state index in [4.69, 9.17) is 4.74 Å². The molecule has 2 rings (SSSR count). The van der Waals surface area contributed by atoms with Gasteiger partial charge < -0.3 is 15.4 Å². The van der Waals surface area contributed by atoms with Crippen LogP contribution in [0.4, 0.5) is 4.79 Å². The summed E-state index contributed by atoms with van der Waals surface area (Å²) in [4.78, 5) is 11.4. The average Bonchev–Trinajstić information content (AvgIpc) is 1.94. The Labute approximate surface area is 109 Å². The third kappa shape index (κ3) is 3.75. The lowest BCUT2D eigenvalue weighted by molar-refractivity contribution is 0.0292. The van der Waals surface area contributed by atoms with Crippen LogP contribution in [0, 0.1) is 5.92 Å². The van der Waals surface area contributed by atoms with Crippen molar-refractivity contribution in [3.8, 4) is 0 Å². The van der Waals surface area contributed by atoms with E-state index in [1.54, 1.807) is 0 Å². The first-order valence-electron chi connectivity index (χ1n) is 6.10. The Morgan fingerprint density at radius 3 is 2.47 bits per heavy atom. The summed E-state index contributed by atoms with van der Waals surface area (Å²) in [6.45, 7) is 7.54. The van der Waals surface area contributed by atoms with E-state index in [0.29, 0.717) is 11.5 Å². The summed E-state index contributed by atoms with van der Waals surface area (Å²) >= 11 is 0. The zero-order valence-electron chi connectivity index (χ0n) is 10.8. The molecule has 2 aliphatic rings. The van der Waals surface area contributed by atoms with Crippen molar-refractivity contribution in [1.82, 2.24) is 10.6 Å². The predicted octanol–water partition coefficient (Wildman–Crippen LogP) is 2.07. The molecule has 0 atom stereocenters. The van der Waals surface area contributed by atoms with E-state index >= 15 is 0 Å². The van der Waals surface area contributed by atoms with Crippen molar-refractivity contribution in [1.29, 1.82) is 0 Å². The van der Waals surface area contributed by atoms with E-state index < -0.39 is 5.60 Å². The lowest BCUT2D eigenvalue weighted by atomic mass is 9.63. The second-order valence-corrected chi connectivity index (χ2v) is 6.11. The van der Waals surface area contributed by atoms with Crippen molar-refractivity contribution >= 4 is 18.5 Å². The molecule has 1 heterocycles. The third-order valence-electron chi connectivity index (χ3n) is 3.40. The maximum absolute atomic E-state index is 11.4. The van der Waals surface area contributed by atoms with Crippen molar-refractivity contribution < 1.29 is 9.53 Å². The second kappa shape index (κ2) is 5.02. The smallest absolute Gasteiger partial charge is 0.407 e. The summed E-state index contributed by atoms with van der Waals surface area (Å²) in [5, 5.41) is 6.31. The van der Waals surface area contributed by atoms with Crippen molar-refractivity contribution in [3.05, 3.63) is 0 Å². The van der Waals surface area contributed by atoms with Gasteiger partial charge >= 0.3 is 6.09 Å². The molecule has 5 heteroatoms. The Bertz CT molecular complexity index is 277. The normalized spacial score (nSPS) is 30.9. The number of hydrogen-bond acceptors (Lipinski definition) is 3. The van der Waals surface area contributed by atoms with Crippen LogP contribution in [0.2, 0.25) is 0 Å². The standard InChI is InChI=1S/C12H22N2O2.ClH/c1-11(2,3)16-10(15)13-8-9-6-12(7-9)4-5-14-12;/h9,14H,4-8H2,1-3H3,(H,13,15);1H. The zero-order chi connectivity index (χ0) is 11.8. The molecule has 2 N–H and O–H groups in total. The fraction of sp³-hybridized carbons (Fsp3) is 0.917. The van der Waals surface area contributed by atoms with Crippen LogP contribution >= 0.6 is 12.4 Å². The number of carbonyl (C=O) groups excluding carboxylic acids is 1. The van der Waals surface area contributed by atoms with Gasteiger partial charge in [0.05, 0.1) is 0 Å². The number of amides is 1. The van der Waals surface area contributed by atoms with Gasteiger partial charge in [0, 0.05) is 12.1 Å². The van der Waals surface area contributed by atoms with E-state index in [1.807, 2.05) is 20.8 Å². The molecule has 0 aromatic rings. The second-order valence-electron chi connectivity index (χ2n) is 6.11. The van der Waals surface area contributed by atoms with Crippen molar-refractivity contribution in [2.75, 3.05) is 13.1 Å². The molecule has 0 aromatic heterocycles. The molecule has 17 heavy (non-hydrogen) atoms. The summed E-state index contributed by atoms with van der Waals surface area (Å²) < 4.78 is 5.18. The molecule has 0 bridgehead atoms. The highest BCUT2D eigenvalue weighted by Crippen LogP contribution is 2.43. The molecular weight excluding hydrogens is 240 g/mol.